The molecule has 0 bridgehead atoms. The highest BCUT2D eigenvalue weighted by atomic mass is 16.3. The Morgan fingerprint density at radius 1 is 1.47 bits per heavy atom. The number of anilines is 1. The molecule has 2 heterocycles. The summed E-state index contributed by atoms with van der Waals surface area (Å²) < 4.78 is 0. The Hall–Kier alpha value is -1.20. The summed E-state index contributed by atoms with van der Waals surface area (Å²) in [6, 6.07) is 1.96. The largest absolute Gasteiger partial charge is 0.389 e. The minimum Gasteiger partial charge on any atom is -0.389 e. The number of piperidine rings is 1. The van der Waals surface area contributed by atoms with E-state index in [1.807, 2.05) is 19.9 Å². The molecule has 0 aromatic carbocycles. The predicted octanol–water partition coefficient (Wildman–Crippen LogP) is 1.56. The van der Waals surface area contributed by atoms with Gasteiger partial charge in [0.1, 0.15) is 11.6 Å². The Morgan fingerprint density at radius 3 is 2.95 bits per heavy atom. The normalized spacial score (nSPS) is 24.4. The maximum Gasteiger partial charge on any atom is 0.144 e. The maximum atomic E-state index is 10.1. The molecule has 1 fully saturated rings. The van der Waals surface area contributed by atoms with Gasteiger partial charge in [0.25, 0.3) is 0 Å². The number of hydrogen-bond acceptors (Lipinski definition) is 5. The number of rotatable bonds is 4. The van der Waals surface area contributed by atoms with Crippen LogP contribution in [-0.4, -0.2) is 45.2 Å². The van der Waals surface area contributed by atoms with Crippen LogP contribution in [0.1, 0.15) is 38.2 Å². The SMILES string of the molecule is CCNc1cc(C)nc(CN2CCCC(C)(O)C2)n1. The number of nitrogens with zero attached hydrogens (tertiary/aromatic N) is 3. The van der Waals surface area contributed by atoms with Crippen LogP contribution in [0.3, 0.4) is 0 Å². The fourth-order valence-electron chi connectivity index (χ4n) is 2.63. The van der Waals surface area contributed by atoms with Crippen molar-refractivity contribution in [2.24, 2.45) is 0 Å². The second-order valence-corrected chi connectivity index (χ2v) is 5.65. The van der Waals surface area contributed by atoms with Gasteiger partial charge in [0.05, 0.1) is 12.1 Å². The first-order valence-electron chi connectivity index (χ1n) is 7.02. The first kappa shape index (κ1) is 14.2. The number of nitrogens with one attached hydrogen (secondary N) is 1. The molecular formula is C14H24N4O. The van der Waals surface area contributed by atoms with Gasteiger partial charge < -0.3 is 10.4 Å². The Morgan fingerprint density at radius 2 is 2.26 bits per heavy atom. The molecule has 0 radical (unpaired) electrons. The van der Waals surface area contributed by atoms with Gasteiger partial charge in [-0.3, -0.25) is 4.90 Å². The van der Waals surface area contributed by atoms with Crippen molar-refractivity contribution < 1.29 is 5.11 Å². The van der Waals surface area contributed by atoms with E-state index < -0.39 is 5.60 Å². The molecule has 1 atom stereocenters. The minimum atomic E-state index is -0.577. The van der Waals surface area contributed by atoms with Crippen LogP contribution in [0.25, 0.3) is 0 Å². The zero-order valence-electron chi connectivity index (χ0n) is 12.1. The van der Waals surface area contributed by atoms with Gasteiger partial charge in [-0.25, -0.2) is 9.97 Å². The van der Waals surface area contributed by atoms with Crippen LogP contribution in [0.15, 0.2) is 6.07 Å². The van der Waals surface area contributed by atoms with Crippen molar-refractivity contribution in [3.63, 3.8) is 0 Å². The highest BCUT2D eigenvalue weighted by Gasteiger charge is 2.28. The van der Waals surface area contributed by atoms with Crippen molar-refractivity contribution in [3.05, 3.63) is 17.6 Å². The van der Waals surface area contributed by atoms with Gasteiger partial charge in [0.15, 0.2) is 0 Å². The monoisotopic (exact) mass is 264 g/mol. The molecule has 5 heteroatoms. The highest BCUT2D eigenvalue weighted by molar-refractivity contribution is 5.35. The number of aliphatic hydroxyl groups is 1. The first-order valence-corrected chi connectivity index (χ1v) is 7.02. The van der Waals surface area contributed by atoms with Gasteiger partial charge in [0.2, 0.25) is 0 Å². The van der Waals surface area contributed by atoms with Crippen molar-refractivity contribution in [1.29, 1.82) is 0 Å². The average molecular weight is 264 g/mol. The van der Waals surface area contributed by atoms with Crippen LogP contribution >= 0.6 is 0 Å². The Kier molecular flexibility index (Phi) is 4.37. The third-order valence-electron chi connectivity index (χ3n) is 3.38. The van der Waals surface area contributed by atoms with Crippen molar-refractivity contribution in [3.8, 4) is 0 Å². The van der Waals surface area contributed by atoms with E-state index in [9.17, 15) is 5.11 Å². The van der Waals surface area contributed by atoms with Crippen molar-refractivity contribution in [2.45, 2.75) is 45.8 Å². The third-order valence-corrected chi connectivity index (χ3v) is 3.38. The molecular weight excluding hydrogens is 240 g/mol. The van der Waals surface area contributed by atoms with Gasteiger partial charge >= 0.3 is 0 Å². The number of hydrogen-bond donors (Lipinski definition) is 2. The summed E-state index contributed by atoms with van der Waals surface area (Å²) in [6.07, 6.45) is 1.90. The summed E-state index contributed by atoms with van der Waals surface area (Å²) in [5.74, 6) is 1.71. The molecule has 1 aromatic heterocycles. The number of aromatic nitrogens is 2. The van der Waals surface area contributed by atoms with Crippen LogP contribution in [0, 0.1) is 6.92 Å². The van der Waals surface area contributed by atoms with Gasteiger partial charge in [-0.15, -0.1) is 0 Å². The molecule has 5 nitrogen and oxygen atoms in total. The van der Waals surface area contributed by atoms with Gasteiger partial charge in [-0.1, -0.05) is 0 Å². The maximum absolute atomic E-state index is 10.1. The molecule has 0 aliphatic carbocycles. The molecule has 2 N–H and O–H groups in total. The summed E-state index contributed by atoms with van der Waals surface area (Å²) in [5.41, 5.74) is 0.400. The van der Waals surface area contributed by atoms with E-state index in [4.69, 9.17) is 0 Å². The lowest BCUT2D eigenvalue weighted by Crippen LogP contribution is -2.45. The molecule has 0 saturated carbocycles. The zero-order chi connectivity index (χ0) is 13.9. The van der Waals surface area contributed by atoms with Crippen LogP contribution in [0.5, 0.6) is 0 Å². The molecule has 0 spiro atoms. The Balaban J connectivity index is 2.06. The zero-order valence-corrected chi connectivity index (χ0v) is 12.1. The van der Waals surface area contributed by atoms with E-state index in [1.165, 1.54) is 0 Å². The van der Waals surface area contributed by atoms with Crippen molar-refractivity contribution in [2.75, 3.05) is 25.0 Å². The Bertz CT molecular complexity index is 433. The summed E-state index contributed by atoms with van der Waals surface area (Å²) in [4.78, 5) is 11.2. The molecule has 1 aliphatic heterocycles. The van der Waals surface area contributed by atoms with Crippen LogP contribution in [-0.2, 0) is 6.54 Å². The second kappa shape index (κ2) is 5.84. The molecule has 19 heavy (non-hydrogen) atoms. The van der Waals surface area contributed by atoms with E-state index in [1.54, 1.807) is 0 Å². The lowest BCUT2D eigenvalue weighted by atomic mass is 9.95. The summed E-state index contributed by atoms with van der Waals surface area (Å²) in [5, 5.41) is 13.3. The molecule has 0 amide bonds. The molecule has 2 rings (SSSR count). The van der Waals surface area contributed by atoms with Gasteiger partial charge in [-0.2, -0.15) is 0 Å². The average Bonchev–Trinajstić information content (AvgIpc) is 2.26. The van der Waals surface area contributed by atoms with E-state index >= 15 is 0 Å². The molecule has 106 valence electrons. The van der Waals surface area contributed by atoms with Crippen molar-refractivity contribution >= 4 is 5.82 Å². The lowest BCUT2D eigenvalue weighted by Gasteiger charge is -2.36. The van der Waals surface area contributed by atoms with Gasteiger partial charge in [-0.05, 0) is 40.2 Å². The highest BCUT2D eigenvalue weighted by Crippen LogP contribution is 2.21. The number of β-amino-alcohol motifs (C(OH)–C–C–N with tert-alkyl or cyclic N) is 1. The van der Waals surface area contributed by atoms with E-state index in [-0.39, 0.29) is 0 Å². The lowest BCUT2D eigenvalue weighted by molar-refractivity contribution is -0.0188. The van der Waals surface area contributed by atoms with Crippen LogP contribution in [0.2, 0.25) is 0 Å². The quantitative estimate of drug-likeness (QED) is 0.864. The van der Waals surface area contributed by atoms with E-state index in [2.05, 4.69) is 27.1 Å². The van der Waals surface area contributed by atoms with Crippen LogP contribution < -0.4 is 5.32 Å². The van der Waals surface area contributed by atoms with Crippen LogP contribution in [0.4, 0.5) is 5.82 Å². The minimum absolute atomic E-state index is 0.577. The first-order chi connectivity index (χ1) is 8.98. The topological polar surface area (TPSA) is 61.3 Å². The van der Waals surface area contributed by atoms with E-state index in [0.717, 1.165) is 43.3 Å². The predicted molar refractivity (Wildman–Crippen MR) is 76.1 cm³/mol. The molecule has 1 unspecified atom stereocenters. The number of aryl methyl sites for hydroxylation is 1. The Labute approximate surface area is 115 Å². The van der Waals surface area contributed by atoms with Crippen molar-refractivity contribution in [1.82, 2.24) is 14.9 Å². The fraction of sp³-hybridized carbons (Fsp3) is 0.714. The smallest absolute Gasteiger partial charge is 0.144 e. The number of likely N-dealkylation sites (tertiary alicyclic amines) is 1. The fourth-order valence-corrected chi connectivity index (χ4v) is 2.63. The molecule has 1 aromatic rings. The standard InChI is InChI=1S/C14H24N4O/c1-4-15-12-8-11(2)16-13(17-12)9-18-7-5-6-14(3,19)10-18/h8,19H,4-7,9-10H2,1-3H3,(H,15,16,17). The summed E-state index contributed by atoms with van der Waals surface area (Å²) in [6.45, 7) is 9.20. The summed E-state index contributed by atoms with van der Waals surface area (Å²) >= 11 is 0. The third kappa shape index (κ3) is 4.14. The van der Waals surface area contributed by atoms with Gasteiger partial charge in [0, 0.05) is 24.8 Å². The summed E-state index contributed by atoms with van der Waals surface area (Å²) in [7, 11) is 0. The molecule has 1 saturated heterocycles. The van der Waals surface area contributed by atoms with E-state index in [0.29, 0.717) is 13.1 Å². The second-order valence-electron chi connectivity index (χ2n) is 5.65. The molecule has 1 aliphatic rings.